The molecule has 5 aromatic carbocycles. The lowest BCUT2D eigenvalue weighted by Gasteiger charge is -2.21. The van der Waals surface area contributed by atoms with Crippen molar-refractivity contribution in [3.8, 4) is 50.5 Å². The predicted molar refractivity (Wildman–Crippen MR) is 190 cm³/mol. The lowest BCUT2D eigenvalue weighted by molar-refractivity contribution is 0.658. The van der Waals surface area contributed by atoms with Crippen molar-refractivity contribution < 1.29 is 0 Å². The summed E-state index contributed by atoms with van der Waals surface area (Å²) in [5, 5.41) is 2.50. The van der Waals surface area contributed by atoms with Crippen molar-refractivity contribution >= 4 is 21.8 Å². The highest BCUT2D eigenvalue weighted by molar-refractivity contribution is 6.16. The molecule has 0 amide bonds. The minimum Gasteiger partial charge on any atom is -0.309 e. The van der Waals surface area contributed by atoms with E-state index in [9.17, 15) is 0 Å². The van der Waals surface area contributed by atoms with Crippen molar-refractivity contribution in [2.45, 2.75) is 19.3 Å². The molecule has 1 aliphatic carbocycles. The Morgan fingerprint density at radius 3 is 2.07 bits per heavy atom. The minimum absolute atomic E-state index is 0.152. The Morgan fingerprint density at radius 2 is 1.22 bits per heavy atom. The van der Waals surface area contributed by atoms with Gasteiger partial charge >= 0.3 is 0 Å². The summed E-state index contributed by atoms with van der Waals surface area (Å²) >= 11 is 0. The third-order valence-electron chi connectivity index (χ3n) is 9.68. The molecule has 0 saturated heterocycles. The second kappa shape index (κ2) is 10.1. The fraction of sp³-hybridized carbons (Fsp3) is 0.0698. The van der Waals surface area contributed by atoms with Crippen LogP contribution < -0.4 is 0 Å². The maximum Gasteiger partial charge on any atom is 0.0930 e. The van der Waals surface area contributed by atoms with Crippen molar-refractivity contribution in [3.63, 3.8) is 0 Å². The van der Waals surface area contributed by atoms with Crippen LogP contribution in [0.4, 0.5) is 0 Å². The van der Waals surface area contributed by atoms with Crippen LogP contribution in [-0.2, 0) is 5.41 Å². The first-order valence-corrected chi connectivity index (χ1v) is 15.8. The van der Waals surface area contributed by atoms with Crippen LogP contribution in [0, 0.1) is 0 Å². The fourth-order valence-electron chi connectivity index (χ4n) is 7.37. The maximum atomic E-state index is 4.98. The summed E-state index contributed by atoms with van der Waals surface area (Å²) in [6.45, 7) is 4.54. The summed E-state index contributed by atoms with van der Waals surface area (Å²) in [5.41, 5.74) is 15.0. The highest BCUT2D eigenvalue weighted by Crippen LogP contribution is 2.48. The van der Waals surface area contributed by atoms with Gasteiger partial charge in [0.1, 0.15) is 0 Å². The molecule has 0 bridgehead atoms. The monoisotopic (exact) mass is 589 g/mol. The highest BCUT2D eigenvalue weighted by Gasteiger charge is 2.37. The Morgan fingerprint density at radius 1 is 0.500 bits per heavy atom. The fourth-order valence-corrected chi connectivity index (χ4v) is 7.37. The zero-order valence-corrected chi connectivity index (χ0v) is 25.8. The summed E-state index contributed by atoms with van der Waals surface area (Å²) in [7, 11) is 0. The third kappa shape index (κ3) is 3.98. The predicted octanol–water partition coefficient (Wildman–Crippen LogP) is 10.9. The van der Waals surface area contributed by atoms with Gasteiger partial charge in [-0.2, -0.15) is 0 Å². The molecule has 3 nitrogen and oxygen atoms in total. The molecule has 8 aromatic rings. The molecular weight excluding hydrogens is 558 g/mol. The number of fused-ring (bicyclic) bond motifs is 6. The Balaban J connectivity index is 1.24. The van der Waals surface area contributed by atoms with Crippen molar-refractivity contribution in [2.24, 2.45) is 0 Å². The number of nitrogens with zero attached hydrogens (tertiary/aromatic N) is 3. The van der Waals surface area contributed by atoms with Gasteiger partial charge in [0.15, 0.2) is 0 Å². The van der Waals surface area contributed by atoms with E-state index in [4.69, 9.17) is 9.97 Å². The first-order valence-electron chi connectivity index (χ1n) is 15.8. The Labute approximate surface area is 268 Å². The lowest BCUT2D eigenvalue weighted by Crippen LogP contribution is -2.15. The van der Waals surface area contributed by atoms with Gasteiger partial charge in [0, 0.05) is 39.8 Å². The van der Waals surface area contributed by atoms with Crippen LogP contribution in [0.25, 0.3) is 72.3 Å². The average Bonchev–Trinajstić information content (AvgIpc) is 3.57. The van der Waals surface area contributed by atoms with E-state index < -0.39 is 0 Å². The van der Waals surface area contributed by atoms with Crippen molar-refractivity contribution in [3.05, 3.63) is 163 Å². The van der Waals surface area contributed by atoms with E-state index in [1.54, 1.807) is 0 Å². The van der Waals surface area contributed by atoms with Crippen LogP contribution in [0.5, 0.6) is 0 Å². The summed E-state index contributed by atoms with van der Waals surface area (Å²) < 4.78 is 2.39. The van der Waals surface area contributed by atoms with Crippen LogP contribution in [0.2, 0.25) is 0 Å². The Kier molecular flexibility index (Phi) is 5.85. The van der Waals surface area contributed by atoms with E-state index in [1.807, 2.05) is 18.5 Å². The molecule has 3 heteroatoms. The van der Waals surface area contributed by atoms with E-state index in [0.29, 0.717) is 0 Å². The molecule has 46 heavy (non-hydrogen) atoms. The van der Waals surface area contributed by atoms with Gasteiger partial charge < -0.3 is 4.57 Å². The van der Waals surface area contributed by atoms with Crippen LogP contribution in [0.3, 0.4) is 0 Å². The molecule has 9 rings (SSSR count). The molecular formula is C43H31N3. The smallest absolute Gasteiger partial charge is 0.0930 e. The van der Waals surface area contributed by atoms with E-state index in [1.165, 1.54) is 55.2 Å². The van der Waals surface area contributed by atoms with Crippen molar-refractivity contribution in [1.29, 1.82) is 0 Å². The molecule has 0 atom stereocenters. The van der Waals surface area contributed by atoms with Gasteiger partial charge in [0.05, 0.1) is 22.4 Å². The summed E-state index contributed by atoms with van der Waals surface area (Å²) in [4.78, 5) is 9.67. The number of aromatic nitrogens is 3. The van der Waals surface area contributed by atoms with Gasteiger partial charge in [-0.25, -0.2) is 0 Å². The van der Waals surface area contributed by atoms with E-state index in [0.717, 1.165) is 28.2 Å². The topological polar surface area (TPSA) is 30.7 Å². The normalized spacial score (nSPS) is 13.2. The third-order valence-corrected chi connectivity index (χ3v) is 9.68. The molecule has 0 radical (unpaired) electrons. The summed E-state index contributed by atoms with van der Waals surface area (Å²) in [6.07, 6.45) is 3.87. The highest BCUT2D eigenvalue weighted by atomic mass is 15.0. The van der Waals surface area contributed by atoms with E-state index >= 15 is 0 Å². The number of para-hydroxylation sites is 1. The maximum absolute atomic E-state index is 4.98. The molecule has 1 aliphatic rings. The number of rotatable bonds is 4. The standard InChI is InChI=1S/C43H31N3/c1-43(2)36-19-11-23-44-41(36)42-37(43)26-32(27-45-42)29-14-9-15-31(24-29)34-18-10-20-39-40(34)35-25-30(28-12-5-3-6-13-28)21-22-38(35)46(39)33-16-7-4-8-17-33/h3-27H,1-2H3. The van der Waals surface area contributed by atoms with Gasteiger partial charge in [-0.05, 0) is 87.5 Å². The van der Waals surface area contributed by atoms with Crippen molar-refractivity contribution in [1.82, 2.24) is 14.5 Å². The van der Waals surface area contributed by atoms with Gasteiger partial charge in [0.2, 0.25) is 0 Å². The summed E-state index contributed by atoms with van der Waals surface area (Å²) in [6, 6.07) is 50.3. The van der Waals surface area contributed by atoms with Gasteiger partial charge in [-0.15, -0.1) is 0 Å². The molecule has 3 aromatic heterocycles. The average molecular weight is 590 g/mol. The van der Waals surface area contributed by atoms with Crippen LogP contribution in [-0.4, -0.2) is 14.5 Å². The van der Waals surface area contributed by atoms with Crippen LogP contribution >= 0.6 is 0 Å². The number of pyridine rings is 2. The van der Waals surface area contributed by atoms with Gasteiger partial charge in [-0.1, -0.05) is 105 Å². The lowest BCUT2D eigenvalue weighted by atomic mass is 9.82. The van der Waals surface area contributed by atoms with E-state index in [2.05, 4.69) is 152 Å². The molecule has 0 saturated carbocycles. The van der Waals surface area contributed by atoms with E-state index in [-0.39, 0.29) is 5.41 Å². The SMILES string of the molecule is CC1(C)c2cccnc2-c2ncc(-c3cccc(-c4cccc5c4c4cc(-c6ccccc6)ccc4n5-c4ccccc4)c3)cc21. The van der Waals surface area contributed by atoms with Crippen molar-refractivity contribution in [2.75, 3.05) is 0 Å². The molecule has 0 spiro atoms. The molecule has 0 aliphatic heterocycles. The second-order valence-corrected chi connectivity index (χ2v) is 12.7. The van der Waals surface area contributed by atoms with Crippen LogP contribution in [0.15, 0.2) is 152 Å². The summed E-state index contributed by atoms with van der Waals surface area (Å²) in [5.74, 6) is 0. The first kappa shape index (κ1) is 26.6. The number of hydrogen-bond donors (Lipinski definition) is 0. The second-order valence-electron chi connectivity index (χ2n) is 12.7. The number of benzene rings is 5. The molecule has 3 heterocycles. The Hall–Kier alpha value is -5.80. The molecule has 0 N–H and O–H groups in total. The number of hydrogen-bond acceptors (Lipinski definition) is 2. The van der Waals surface area contributed by atoms with Crippen LogP contribution in [0.1, 0.15) is 25.0 Å². The molecule has 218 valence electrons. The van der Waals surface area contributed by atoms with Gasteiger partial charge in [-0.3, -0.25) is 9.97 Å². The van der Waals surface area contributed by atoms with Gasteiger partial charge in [0.25, 0.3) is 0 Å². The molecule has 0 fully saturated rings. The minimum atomic E-state index is -0.152. The zero-order chi connectivity index (χ0) is 30.8. The zero-order valence-electron chi connectivity index (χ0n) is 25.8. The quantitative estimate of drug-likeness (QED) is 0.204. The first-order chi connectivity index (χ1) is 22.6. The largest absolute Gasteiger partial charge is 0.309 e. The molecule has 0 unspecified atom stereocenters. The Bertz CT molecular complexity index is 2440.